The maximum atomic E-state index is 12.4. The minimum Gasteiger partial charge on any atom is -0.482 e. The smallest absolute Gasteiger partial charge is 0.202 e. The third kappa shape index (κ3) is 4.05. The van der Waals surface area contributed by atoms with Crippen LogP contribution < -0.4 is 4.74 Å². The highest BCUT2D eigenvalue weighted by atomic mass is 79.9. The molecule has 3 heteroatoms. The topological polar surface area (TPSA) is 26.3 Å². The van der Waals surface area contributed by atoms with Crippen LogP contribution in [0.2, 0.25) is 0 Å². The highest BCUT2D eigenvalue weighted by Crippen LogP contribution is 2.22. The number of allylic oxidation sites excluding steroid dienone is 1. The Kier molecular flexibility index (Phi) is 5.34. The Labute approximate surface area is 133 Å². The van der Waals surface area contributed by atoms with Gasteiger partial charge in [-0.15, -0.1) is 0 Å². The van der Waals surface area contributed by atoms with Crippen molar-refractivity contribution in [3.63, 3.8) is 0 Å². The Bertz CT molecular complexity index is 645. The van der Waals surface area contributed by atoms with E-state index in [2.05, 4.69) is 15.9 Å². The molecule has 1 atom stereocenters. The Balaban J connectivity index is 2.16. The molecule has 0 saturated carbocycles. The zero-order valence-electron chi connectivity index (χ0n) is 12.0. The maximum Gasteiger partial charge on any atom is 0.202 e. The lowest BCUT2D eigenvalue weighted by atomic mass is 10.1. The highest BCUT2D eigenvalue weighted by molar-refractivity contribution is 9.10. The minimum absolute atomic E-state index is 0.0298. The van der Waals surface area contributed by atoms with Crippen molar-refractivity contribution in [2.75, 3.05) is 0 Å². The molecule has 0 heterocycles. The van der Waals surface area contributed by atoms with Gasteiger partial charge in [-0.3, -0.25) is 4.79 Å². The van der Waals surface area contributed by atoms with Crippen molar-refractivity contribution in [1.29, 1.82) is 0 Å². The second-order valence-electron chi connectivity index (χ2n) is 4.67. The van der Waals surface area contributed by atoms with E-state index in [-0.39, 0.29) is 5.78 Å². The Morgan fingerprint density at radius 2 is 1.81 bits per heavy atom. The summed E-state index contributed by atoms with van der Waals surface area (Å²) in [7, 11) is 0. The van der Waals surface area contributed by atoms with Crippen LogP contribution in [0.5, 0.6) is 5.75 Å². The molecule has 0 radical (unpaired) electrons. The molecule has 2 aromatic rings. The molecule has 0 saturated heterocycles. The number of ketones is 1. The van der Waals surface area contributed by atoms with E-state index in [0.29, 0.717) is 11.3 Å². The van der Waals surface area contributed by atoms with Gasteiger partial charge in [-0.2, -0.15) is 0 Å². The molecule has 108 valence electrons. The predicted molar refractivity (Wildman–Crippen MR) is 89.7 cm³/mol. The number of para-hydroxylation sites is 1. The van der Waals surface area contributed by atoms with E-state index in [4.69, 9.17) is 4.74 Å². The molecule has 21 heavy (non-hydrogen) atoms. The summed E-state index contributed by atoms with van der Waals surface area (Å²) in [5.41, 5.74) is 1.62. The maximum absolute atomic E-state index is 12.4. The van der Waals surface area contributed by atoms with Crippen LogP contribution >= 0.6 is 15.9 Å². The van der Waals surface area contributed by atoms with E-state index in [1.54, 1.807) is 19.1 Å². The third-order valence-electron chi connectivity index (χ3n) is 3.07. The Morgan fingerprint density at radius 1 is 1.14 bits per heavy atom. The molecule has 0 aliphatic carbocycles. The van der Waals surface area contributed by atoms with E-state index in [9.17, 15) is 4.79 Å². The fourth-order valence-corrected chi connectivity index (χ4v) is 2.26. The van der Waals surface area contributed by atoms with Gasteiger partial charge in [0.1, 0.15) is 5.75 Å². The first-order valence-electron chi connectivity index (χ1n) is 6.80. The van der Waals surface area contributed by atoms with Crippen LogP contribution in [0.3, 0.4) is 0 Å². The number of rotatable bonds is 5. The molecule has 0 aliphatic heterocycles. The molecule has 2 nitrogen and oxygen atoms in total. The second kappa shape index (κ2) is 7.23. The molecular formula is C18H17BrO2. The first-order chi connectivity index (χ1) is 10.1. The highest BCUT2D eigenvalue weighted by Gasteiger charge is 2.17. The minimum atomic E-state index is -0.530. The average Bonchev–Trinajstić information content (AvgIpc) is 2.49. The molecule has 0 spiro atoms. The number of halogens is 1. The van der Waals surface area contributed by atoms with E-state index < -0.39 is 6.10 Å². The standard InChI is InChI=1S/C18H17BrO2/c1-3-6-14-7-4-5-8-17(14)21-13(2)18(20)15-9-11-16(19)12-10-15/h3-13H,1-2H3. The van der Waals surface area contributed by atoms with Gasteiger partial charge in [0.25, 0.3) is 0 Å². The van der Waals surface area contributed by atoms with Crippen molar-refractivity contribution in [3.8, 4) is 5.75 Å². The zero-order chi connectivity index (χ0) is 15.2. The second-order valence-corrected chi connectivity index (χ2v) is 5.58. The predicted octanol–water partition coefficient (Wildman–Crippen LogP) is 5.13. The lowest BCUT2D eigenvalue weighted by Gasteiger charge is -2.15. The fraction of sp³-hybridized carbons (Fsp3) is 0.167. The molecule has 0 amide bonds. The Morgan fingerprint density at radius 3 is 2.48 bits per heavy atom. The van der Waals surface area contributed by atoms with Gasteiger partial charge in [-0.05, 0) is 32.0 Å². The molecule has 1 unspecified atom stereocenters. The molecule has 0 fully saturated rings. The summed E-state index contributed by atoms with van der Waals surface area (Å²) < 4.78 is 6.78. The van der Waals surface area contributed by atoms with Crippen LogP contribution in [0, 0.1) is 0 Å². The number of Topliss-reactive ketones (excluding diaryl/α,β-unsaturated/α-hetero) is 1. The lowest BCUT2D eigenvalue weighted by molar-refractivity contribution is 0.0818. The molecule has 2 aromatic carbocycles. The van der Waals surface area contributed by atoms with Gasteiger partial charge in [0.05, 0.1) is 0 Å². The fourth-order valence-electron chi connectivity index (χ4n) is 2.00. The lowest BCUT2D eigenvalue weighted by Crippen LogP contribution is -2.24. The summed E-state index contributed by atoms with van der Waals surface area (Å²) >= 11 is 3.36. The molecule has 0 bridgehead atoms. The van der Waals surface area contributed by atoms with Crippen LogP contribution in [-0.2, 0) is 0 Å². The van der Waals surface area contributed by atoms with E-state index in [1.807, 2.05) is 55.5 Å². The normalized spacial score (nSPS) is 12.3. The van der Waals surface area contributed by atoms with E-state index in [1.165, 1.54) is 0 Å². The quantitative estimate of drug-likeness (QED) is 0.702. The van der Waals surface area contributed by atoms with Gasteiger partial charge in [0.15, 0.2) is 6.10 Å². The molecule has 2 rings (SSSR count). The largest absolute Gasteiger partial charge is 0.482 e. The monoisotopic (exact) mass is 344 g/mol. The summed E-state index contributed by atoms with van der Waals surface area (Å²) in [4.78, 5) is 12.4. The number of carbonyl (C=O) groups excluding carboxylic acids is 1. The number of hydrogen-bond acceptors (Lipinski definition) is 2. The zero-order valence-corrected chi connectivity index (χ0v) is 13.6. The van der Waals surface area contributed by atoms with Gasteiger partial charge >= 0.3 is 0 Å². The Hall–Kier alpha value is -1.87. The van der Waals surface area contributed by atoms with Crippen molar-refractivity contribution in [3.05, 3.63) is 70.2 Å². The van der Waals surface area contributed by atoms with Crippen molar-refractivity contribution in [2.24, 2.45) is 0 Å². The molecular weight excluding hydrogens is 328 g/mol. The average molecular weight is 345 g/mol. The van der Waals surface area contributed by atoms with Crippen LogP contribution in [0.1, 0.15) is 29.8 Å². The summed E-state index contributed by atoms with van der Waals surface area (Å²) in [6, 6.07) is 15.0. The van der Waals surface area contributed by atoms with Gasteiger partial charge in [0, 0.05) is 15.6 Å². The summed E-state index contributed by atoms with van der Waals surface area (Å²) in [5, 5.41) is 0. The van der Waals surface area contributed by atoms with Crippen molar-refractivity contribution >= 4 is 27.8 Å². The van der Waals surface area contributed by atoms with Crippen LogP contribution in [0.15, 0.2) is 59.1 Å². The van der Waals surface area contributed by atoms with Gasteiger partial charge in [-0.1, -0.05) is 58.4 Å². The van der Waals surface area contributed by atoms with Crippen molar-refractivity contribution in [2.45, 2.75) is 20.0 Å². The third-order valence-corrected chi connectivity index (χ3v) is 3.60. The number of benzene rings is 2. The number of ether oxygens (including phenoxy) is 1. The van der Waals surface area contributed by atoms with Gasteiger partial charge in [-0.25, -0.2) is 0 Å². The van der Waals surface area contributed by atoms with E-state index >= 15 is 0 Å². The number of carbonyl (C=O) groups is 1. The molecule has 0 N–H and O–H groups in total. The van der Waals surface area contributed by atoms with Gasteiger partial charge < -0.3 is 4.74 Å². The SMILES string of the molecule is CC=Cc1ccccc1OC(C)C(=O)c1ccc(Br)cc1. The van der Waals surface area contributed by atoms with Gasteiger partial charge in [0.2, 0.25) is 5.78 Å². The van der Waals surface area contributed by atoms with E-state index in [0.717, 1.165) is 10.0 Å². The first-order valence-corrected chi connectivity index (χ1v) is 7.59. The molecule has 0 aliphatic rings. The summed E-state index contributed by atoms with van der Waals surface area (Å²) in [6.07, 6.45) is 3.38. The van der Waals surface area contributed by atoms with Crippen molar-refractivity contribution in [1.82, 2.24) is 0 Å². The van der Waals surface area contributed by atoms with Crippen LogP contribution in [0.4, 0.5) is 0 Å². The van der Waals surface area contributed by atoms with Crippen molar-refractivity contribution < 1.29 is 9.53 Å². The number of hydrogen-bond donors (Lipinski definition) is 0. The van der Waals surface area contributed by atoms with Crippen LogP contribution in [0.25, 0.3) is 6.08 Å². The summed E-state index contributed by atoms with van der Waals surface area (Å²) in [6.45, 7) is 3.73. The molecule has 0 aromatic heterocycles. The first kappa shape index (κ1) is 15.5. The summed E-state index contributed by atoms with van der Waals surface area (Å²) in [5.74, 6) is 0.686. The van der Waals surface area contributed by atoms with Crippen LogP contribution in [-0.4, -0.2) is 11.9 Å².